The van der Waals surface area contributed by atoms with Gasteiger partial charge in [-0.15, -0.1) is 0 Å². The second kappa shape index (κ2) is 10.2. The largest absolute Gasteiger partial charge is 0.496 e. The lowest BCUT2D eigenvalue weighted by molar-refractivity contribution is 0.00578. The third kappa shape index (κ3) is 4.13. The van der Waals surface area contributed by atoms with Crippen LogP contribution in [0.1, 0.15) is 51.7 Å². The van der Waals surface area contributed by atoms with E-state index in [4.69, 9.17) is 9.31 Å². The smallest absolute Gasteiger partial charge is 0.399 e. The van der Waals surface area contributed by atoms with Crippen LogP contribution >= 0.6 is 11.8 Å². The highest BCUT2D eigenvalue weighted by Gasteiger charge is 2.52. The van der Waals surface area contributed by atoms with Crippen molar-refractivity contribution in [1.29, 1.82) is 0 Å². The van der Waals surface area contributed by atoms with E-state index in [1.807, 2.05) is 11.8 Å². The normalized spacial score (nSPS) is 18.1. The van der Waals surface area contributed by atoms with Crippen molar-refractivity contribution in [2.45, 2.75) is 61.5 Å². The maximum absolute atomic E-state index is 6.65. The van der Waals surface area contributed by atoms with E-state index in [2.05, 4.69) is 143 Å². The number of fused-ring (bicyclic) bond motifs is 4. The van der Waals surface area contributed by atoms with Crippen LogP contribution in [-0.4, -0.2) is 18.3 Å². The molecule has 6 aromatic rings. The molecule has 46 heavy (non-hydrogen) atoms. The van der Waals surface area contributed by atoms with Gasteiger partial charge < -0.3 is 9.31 Å². The molecule has 0 saturated carbocycles. The molecule has 2 aliphatic heterocycles. The van der Waals surface area contributed by atoms with E-state index in [0.29, 0.717) is 0 Å². The lowest BCUT2D eigenvalue weighted by atomic mass is 9.71. The molecule has 0 atom stereocenters. The van der Waals surface area contributed by atoms with E-state index in [9.17, 15) is 0 Å². The van der Waals surface area contributed by atoms with E-state index in [1.54, 1.807) is 0 Å². The van der Waals surface area contributed by atoms with Crippen molar-refractivity contribution in [2.75, 3.05) is 0 Å². The quantitative estimate of drug-likeness (QED) is 0.146. The summed E-state index contributed by atoms with van der Waals surface area (Å²) in [6, 6.07) is 37.9. The van der Waals surface area contributed by atoms with Gasteiger partial charge in [-0.1, -0.05) is 115 Å². The first-order chi connectivity index (χ1) is 22.3. The molecule has 3 aliphatic rings. The molecule has 0 bridgehead atoms. The Kier molecular flexibility index (Phi) is 6.25. The van der Waals surface area contributed by atoms with Gasteiger partial charge in [0.15, 0.2) is 0 Å². The second-order valence-electron chi connectivity index (χ2n) is 13.8. The molecule has 0 aromatic heterocycles. The highest BCUT2D eigenvalue weighted by Crippen LogP contribution is 2.50. The Morgan fingerprint density at radius 2 is 1.09 bits per heavy atom. The molecular weight excluding hydrogens is 579 g/mol. The first-order valence-corrected chi connectivity index (χ1v) is 17.1. The van der Waals surface area contributed by atoms with Crippen molar-refractivity contribution in [3.8, 4) is 11.1 Å². The van der Waals surface area contributed by atoms with Gasteiger partial charge in [0.1, 0.15) is 0 Å². The van der Waals surface area contributed by atoms with Crippen LogP contribution < -0.4 is 5.46 Å². The van der Waals surface area contributed by atoms with Crippen LogP contribution in [0.25, 0.3) is 54.6 Å². The summed E-state index contributed by atoms with van der Waals surface area (Å²) in [5, 5.41) is 7.65. The molecule has 1 aliphatic carbocycles. The van der Waals surface area contributed by atoms with E-state index in [-0.39, 0.29) is 0 Å². The van der Waals surface area contributed by atoms with Crippen molar-refractivity contribution >= 4 is 67.8 Å². The molecule has 224 valence electrons. The van der Waals surface area contributed by atoms with Crippen LogP contribution in [0.15, 0.2) is 125 Å². The van der Waals surface area contributed by atoms with E-state index in [0.717, 1.165) is 18.3 Å². The zero-order chi connectivity index (χ0) is 31.2. The van der Waals surface area contributed by atoms with Crippen LogP contribution in [0.5, 0.6) is 0 Å². The van der Waals surface area contributed by atoms with E-state index >= 15 is 0 Å². The number of rotatable bonds is 3. The molecule has 0 N–H and O–H groups in total. The summed E-state index contributed by atoms with van der Waals surface area (Å²) in [5.41, 5.74) is 8.45. The van der Waals surface area contributed by atoms with Crippen LogP contribution in [-0.2, 0) is 9.31 Å². The second-order valence-corrected chi connectivity index (χ2v) is 14.9. The molecule has 6 aromatic carbocycles. The molecule has 1 fully saturated rings. The van der Waals surface area contributed by atoms with Gasteiger partial charge in [-0.2, -0.15) is 0 Å². The molecule has 0 radical (unpaired) electrons. The molecule has 9 rings (SSSR count). The summed E-state index contributed by atoms with van der Waals surface area (Å²) in [6.45, 7) is 8.52. The maximum atomic E-state index is 6.65. The van der Waals surface area contributed by atoms with E-state index in [1.165, 1.54) is 75.5 Å². The maximum Gasteiger partial charge on any atom is 0.496 e. The number of benzene rings is 6. The Balaban J connectivity index is 1.19. The third-order valence-corrected chi connectivity index (χ3v) is 11.8. The topological polar surface area (TPSA) is 18.5 Å². The molecule has 0 spiro atoms. The minimum Gasteiger partial charge on any atom is -0.399 e. The Bertz CT molecular complexity index is 2240. The van der Waals surface area contributed by atoms with Crippen LogP contribution in [0.2, 0.25) is 0 Å². The Morgan fingerprint density at radius 3 is 1.76 bits per heavy atom. The van der Waals surface area contributed by atoms with Crippen LogP contribution in [0.3, 0.4) is 0 Å². The predicted molar refractivity (Wildman–Crippen MR) is 196 cm³/mol. The van der Waals surface area contributed by atoms with Gasteiger partial charge in [0, 0.05) is 15.2 Å². The van der Waals surface area contributed by atoms with E-state index < -0.39 is 18.3 Å². The van der Waals surface area contributed by atoms with Crippen molar-refractivity contribution in [3.63, 3.8) is 0 Å². The molecule has 1 saturated heterocycles. The van der Waals surface area contributed by atoms with Crippen molar-refractivity contribution in [3.05, 3.63) is 126 Å². The predicted octanol–water partition coefficient (Wildman–Crippen LogP) is 10.8. The van der Waals surface area contributed by atoms with Crippen LogP contribution in [0, 0.1) is 0 Å². The summed E-state index contributed by atoms with van der Waals surface area (Å²) in [4.78, 5) is 2.68. The average Bonchev–Trinajstić information content (AvgIpc) is 3.29. The minimum absolute atomic E-state index is 0.407. The molecule has 2 nitrogen and oxygen atoms in total. The zero-order valence-corrected chi connectivity index (χ0v) is 27.5. The van der Waals surface area contributed by atoms with Gasteiger partial charge in [-0.3, -0.25) is 0 Å². The number of hydrogen-bond donors (Lipinski definition) is 0. The Morgan fingerprint density at radius 1 is 0.522 bits per heavy atom. The standard InChI is InChI=1S/C42H35BO2S/c1-41(2)42(3,4)45-43(44-41)40-34-15-7-5-13-32(34)38(33-14-6-8-16-35(33)40)27-22-20-26(21-23-27)28-24-25-37-39-30(28)17-11-18-31(39)29-12-9-10-19-36(29)46-37/h5-20,22,24-25H,21,23H2,1-4H3. The number of allylic oxidation sites excluding steroid dienone is 4. The Labute approximate surface area is 275 Å². The van der Waals surface area contributed by atoms with Crippen LogP contribution in [0.4, 0.5) is 0 Å². The third-order valence-electron chi connectivity index (χ3n) is 10.7. The van der Waals surface area contributed by atoms with Crippen molar-refractivity contribution < 1.29 is 9.31 Å². The summed E-state index contributed by atoms with van der Waals surface area (Å²) in [6.07, 6.45) is 6.73. The fourth-order valence-electron chi connectivity index (χ4n) is 7.65. The summed E-state index contributed by atoms with van der Waals surface area (Å²) in [5.74, 6) is 0. The first-order valence-electron chi connectivity index (χ1n) is 16.3. The lowest BCUT2D eigenvalue weighted by Gasteiger charge is -2.32. The molecule has 2 heterocycles. The molecule has 0 amide bonds. The number of hydrogen-bond acceptors (Lipinski definition) is 3. The monoisotopic (exact) mass is 614 g/mol. The minimum atomic E-state index is -0.432. The van der Waals surface area contributed by atoms with Crippen molar-refractivity contribution in [2.24, 2.45) is 0 Å². The SMILES string of the molecule is CC1(C)OB(c2c3ccccc3c(C3=CC=C(c4ccc5c6c(cccc46)-c4ccccc4S5)CC3)c3ccccc23)OC1(C)C. The van der Waals surface area contributed by atoms with Gasteiger partial charge in [0.05, 0.1) is 11.2 Å². The molecule has 0 unspecified atom stereocenters. The van der Waals surface area contributed by atoms with Gasteiger partial charge in [0.25, 0.3) is 0 Å². The van der Waals surface area contributed by atoms with Crippen molar-refractivity contribution in [1.82, 2.24) is 0 Å². The van der Waals surface area contributed by atoms with Gasteiger partial charge >= 0.3 is 7.12 Å². The average molecular weight is 615 g/mol. The highest BCUT2D eigenvalue weighted by atomic mass is 32.2. The molecular formula is C42H35BO2S. The Hall–Kier alpha value is -4.09. The summed E-state index contributed by atoms with van der Waals surface area (Å²) in [7, 11) is -0.432. The van der Waals surface area contributed by atoms with Gasteiger partial charge in [-0.05, 0) is 118 Å². The lowest BCUT2D eigenvalue weighted by Crippen LogP contribution is -2.41. The first kappa shape index (κ1) is 28.2. The van der Waals surface area contributed by atoms with Gasteiger partial charge in [-0.25, -0.2) is 0 Å². The summed E-state index contributed by atoms with van der Waals surface area (Å²) < 4.78 is 13.3. The fraction of sp³-hybridized carbons (Fsp3) is 0.190. The van der Waals surface area contributed by atoms with Gasteiger partial charge in [0.2, 0.25) is 0 Å². The highest BCUT2D eigenvalue weighted by molar-refractivity contribution is 7.99. The molecule has 4 heteroatoms. The fourth-order valence-corrected chi connectivity index (χ4v) is 8.78. The summed E-state index contributed by atoms with van der Waals surface area (Å²) >= 11 is 1.89. The zero-order valence-electron chi connectivity index (χ0n) is 26.7.